The Balaban J connectivity index is 2.72. The number of carbonyl (C=O) groups is 1. The predicted octanol–water partition coefficient (Wildman–Crippen LogP) is 2.91. The fourth-order valence-corrected chi connectivity index (χ4v) is 4.22. The Morgan fingerprint density at radius 2 is 1.79 bits per heavy atom. The molecule has 0 saturated carbocycles. The van der Waals surface area contributed by atoms with Crippen molar-refractivity contribution < 1.29 is 27.8 Å². The molecule has 154 valence electrons. The van der Waals surface area contributed by atoms with Gasteiger partial charge in [-0.15, -0.1) is 0 Å². The number of hydrogen-bond acceptors (Lipinski definition) is 8. The standard InChI is InChI=1S/C16H14ClN3O8S/c1-2-28-16(21)10-18(14-9-11(19(22)23)7-8-12(14)17)29(26,27)15-6-4-3-5-13(15)20(24)25/h3-9H,2,10H2,1H3. The normalized spacial score (nSPS) is 11.0. The smallest absolute Gasteiger partial charge is 0.326 e. The number of esters is 1. The topological polar surface area (TPSA) is 150 Å². The third-order valence-electron chi connectivity index (χ3n) is 3.62. The molecule has 0 spiro atoms. The van der Waals surface area contributed by atoms with Crippen molar-refractivity contribution in [3.63, 3.8) is 0 Å². The van der Waals surface area contributed by atoms with Crippen molar-refractivity contribution in [2.75, 3.05) is 17.5 Å². The van der Waals surface area contributed by atoms with Gasteiger partial charge in [-0.1, -0.05) is 23.7 Å². The van der Waals surface area contributed by atoms with E-state index in [1.165, 1.54) is 19.1 Å². The highest BCUT2D eigenvalue weighted by Crippen LogP contribution is 2.35. The van der Waals surface area contributed by atoms with Gasteiger partial charge in [0.1, 0.15) is 6.54 Å². The van der Waals surface area contributed by atoms with Crippen LogP contribution in [0.5, 0.6) is 0 Å². The van der Waals surface area contributed by atoms with Gasteiger partial charge < -0.3 is 4.74 Å². The third kappa shape index (κ3) is 4.78. The minimum Gasteiger partial charge on any atom is -0.465 e. The molecule has 0 radical (unpaired) electrons. The van der Waals surface area contributed by atoms with Gasteiger partial charge in [0.2, 0.25) is 0 Å². The lowest BCUT2D eigenvalue weighted by Crippen LogP contribution is -2.37. The van der Waals surface area contributed by atoms with E-state index in [0.717, 1.165) is 30.3 Å². The zero-order chi connectivity index (χ0) is 21.8. The maximum atomic E-state index is 13.2. The van der Waals surface area contributed by atoms with Gasteiger partial charge in [-0.05, 0) is 19.1 Å². The van der Waals surface area contributed by atoms with E-state index in [4.69, 9.17) is 16.3 Å². The van der Waals surface area contributed by atoms with Gasteiger partial charge in [0, 0.05) is 18.2 Å². The fraction of sp³-hybridized carbons (Fsp3) is 0.188. The summed E-state index contributed by atoms with van der Waals surface area (Å²) < 4.78 is 31.6. The van der Waals surface area contributed by atoms with Gasteiger partial charge in [-0.2, -0.15) is 0 Å². The molecule has 2 rings (SSSR count). The van der Waals surface area contributed by atoms with E-state index in [9.17, 15) is 33.4 Å². The summed E-state index contributed by atoms with van der Waals surface area (Å²) in [4.78, 5) is 32.0. The molecule has 0 amide bonds. The number of benzene rings is 2. The molecule has 0 unspecified atom stereocenters. The van der Waals surface area contributed by atoms with Crippen LogP contribution in [0.15, 0.2) is 47.4 Å². The number of hydrogen-bond donors (Lipinski definition) is 0. The summed E-state index contributed by atoms with van der Waals surface area (Å²) in [6.07, 6.45) is 0. The molecule has 0 aliphatic rings. The molecule has 0 aliphatic carbocycles. The Morgan fingerprint density at radius 3 is 2.38 bits per heavy atom. The van der Waals surface area contributed by atoms with Crippen LogP contribution in [0.4, 0.5) is 17.1 Å². The number of ether oxygens (including phenoxy) is 1. The van der Waals surface area contributed by atoms with Crippen molar-refractivity contribution >= 4 is 44.7 Å². The monoisotopic (exact) mass is 443 g/mol. The molecule has 11 nitrogen and oxygen atoms in total. The molecular formula is C16H14ClN3O8S. The molecule has 0 aromatic heterocycles. The van der Waals surface area contributed by atoms with E-state index in [1.807, 2.05) is 0 Å². The van der Waals surface area contributed by atoms with Gasteiger partial charge in [0.05, 0.1) is 27.2 Å². The van der Waals surface area contributed by atoms with Crippen molar-refractivity contribution in [3.8, 4) is 0 Å². The van der Waals surface area contributed by atoms with E-state index in [2.05, 4.69) is 0 Å². The second-order valence-electron chi connectivity index (χ2n) is 5.43. The Labute approximate surface area is 169 Å². The summed E-state index contributed by atoms with van der Waals surface area (Å²) in [7, 11) is -4.72. The minimum atomic E-state index is -4.72. The highest BCUT2D eigenvalue weighted by Gasteiger charge is 2.35. The fourth-order valence-electron chi connectivity index (χ4n) is 2.37. The maximum Gasteiger partial charge on any atom is 0.326 e. The van der Waals surface area contributed by atoms with E-state index in [0.29, 0.717) is 4.31 Å². The van der Waals surface area contributed by atoms with Crippen molar-refractivity contribution in [1.29, 1.82) is 0 Å². The number of non-ortho nitro benzene ring substituents is 1. The molecule has 0 bridgehead atoms. The summed E-state index contributed by atoms with van der Waals surface area (Å²) in [5, 5.41) is 22.1. The van der Waals surface area contributed by atoms with Crippen LogP contribution >= 0.6 is 11.6 Å². The minimum absolute atomic E-state index is 0.0547. The molecule has 13 heteroatoms. The van der Waals surface area contributed by atoms with Gasteiger partial charge in [-0.25, -0.2) is 8.42 Å². The van der Waals surface area contributed by atoms with Crippen LogP contribution in [0.1, 0.15) is 6.92 Å². The van der Waals surface area contributed by atoms with Crippen LogP contribution in [-0.4, -0.2) is 37.4 Å². The van der Waals surface area contributed by atoms with Gasteiger partial charge in [0.25, 0.3) is 21.4 Å². The van der Waals surface area contributed by atoms with E-state index >= 15 is 0 Å². The summed E-state index contributed by atoms with van der Waals surface area (Å²) >= 11 is 6.04. The highest BCUT2D eigenvalue weighted by atomic mass is 35.5. The van der Waals surface area contributed by atoms with Crippen LogP contribution in [0.3, 0.4) is 0 Å². The molecular weight excluding hydrogens is 430 g/mol. The zero-order valence-corrected chi connectivity index (χ0v) is 16.4. The lowest BCUT2D eigenvalue weighted by atomic mass is 10.3. The zero-order valence-electron chi connectivity index (χ0n) is 14.8. The summed E-state index contributed by atoms with van der Waals surface area (Å²) in [6.45, 7) is 0.545. The van der Waals surface area contributed by atoms with Crippen molar-refractivity contribution in [2.45, 2.75) is 11.8 Å². The maximum absolute atomic E-state index is 13.2. The van der Waals surface area contributed by atoms with Gasteiger partial charge >= 0.3 is 5.97 Å². The second-order valence-corrected chi connectivity index (χ2v) is 7.67. The molecule has 0 saturated heterocycles. The SMILES string of the molecule is CCOC(=O)CN(c1cc([N+](=O)[O-])ccc1Cl)S(=O)(=O)c1ccccc1[N+](=O)[O-]. The Bertz CT molecular complexity index is 1070. The van der Waals surface area contributed by atoms with Crippen LogP contribution in [0.25, 0.3) is 0 Å². The highest BCUT2D eigenvalue weighted by molar-refractivity contribution is 7.93. The number of para-hydroxylation sites is 1. The Morgan fingerprint density at radius 1 is 1.14 bits per heavy atom. The van der Waals surface area contributed by atoms with Crippen LogP contribution in [-0.2, 0) is 19.6 Å². The first-order chi connectivity index (χ1) is 13.6. The molecule has 0 heterocycles. The number of nitro benzene ring substituents is 2. The summed E-state index contributed by atoms with van der Waals surface area (Å²) in [5.41, 5.74) is -1.62. The number of rotatable bonds is 8. The quantitative estimate of drug-likeness (QED) is 0.343. The largest absolute Gasteiger partial charge is 0.465 e. The van der Waals surface area contributed by atoms with Gasteiger partial charge in [0.15, 0.2) is 4.90 Å². The Kier molecular flexibility index (Phi) is 6.72. The molecule has 29 heavy (non-hydrogen) atoms. The first-order valence-electron chi connectivity index (χ1n) is 7.95. The number of nitro groups is 2. The number of carbonyl (C=O) groups excluding carboxylic acids is 1. The van der Waals surface area contributed by atoms with Crippen LogP contribution < -0.4 is 4.31 Å². The lowest BCUT2D eigenvalue weighted by Gasteiger charge is -2.24. The van der Waals surface area contributed by atoms with Crippen molar-refractivity contribution in [2.24, 2.45) is 0 Å². The molecule has 2 aromatic rings. The second kappa shape index (κ2) is 8.84. The average Bonchev–Trinajstić information content (AvgIpc) is 2.66. The first-order valence-corrected chi connectivity index (χ1v) is 9.77. The predicted molar refractivity (Wildman–Crippen MR) is 102 cm³/mol. The van der Waals surface area contributed by atoms with Crippen LogP contribution in [0.2, 0.25) is 5.02 Å². The first kappa shape index (κ1) is 22.0. The molecule has 0 N–H and O–H groups in total. The summed E-state index contributed by atoms with van der Waals surface area (Å²) in [6, 6.07) is 7.48. The van der Waals surface area contributed by atoms with E-state index in [-0.39, 0.29) is 11.6 Å². The van der Waals surface area contributed by atoms with Crippen LogP contribution in [0, 0.1) is 20.2 Å². The van der Waals surface area contributed by atoms with E-state index in [1.54, 1.807) is 0 Å². The number of sulfonamides is 1. The molecule has 0 fully saturated rings. The van der Waals surface area contributed by atoms with Crippen molar-refractivity contribution in [1.82, 2.24) is 0 Å². The molecule has 0 aliphatic heterocycles. The molecule has 0 atom stereocenters. The van der Waals surface area contributed by atoms with E-state index < -0.39 is 54.3 Å². The lowest BCUT2D eigenvalue weighted by molar-refractivity contribution is -0.387. The number of halogens is 1. The Hall–Kier alpha value is -3.25. The third-order valence-corrected chi connectivity index (χ3v) is 5.74. The van der Waals surface area contributed by atoms with Crippen molar-refractivity contribution in [3.05, 3.63) is 67.7 Å². The van der Waals surface area contributed by atoms with Gasteiger partial charge in [-0.3, -0.25) is 29.3 Å². The number of anilines is 1. The summed E-state index contributed by atoms with van der Waals surface area (Å²) in [5.74, 6) is -0.975. The molecule has 2 aromatic carbocycles. The average molecular weight is 444 g/mol. The number of nitrogens with zero attached hydrogens (tertiary/aromatic N) is 3.